The number of ketones is 1. The maximum atomic E-state index is 13.9. The molecule has 28 heavy (non-hydrogen) atoms. The quantitative estimate of drug-likeness (QED) is 0.369. The second kappa shape index (κ2) is 7.80. The number of hydrogen-bond donors (Lipinski definition) is 0. The summed E-state index contributed by atoms with van der Waals surface area (Å²) in [5.41, 5.74) is 3.19. The maximum absolute atomic E-state index is 13.9. The Morgan fingerprint density at radius 1 is 0.964 bits per heavy atom. The van der Waals surface area contributed by atoms with Crippen molar-refractivity contribution in [2.24, 2.45) is 0 Å². The first-order valence-corrected chi connectivity index (χ1v) is 8.75. The van der Waals surface area contributed by atoms with Crippen molar-refractivity contribution in [1.29, 1.82) is 0 Å². The molecule has 4 rings (SSSR count). The van der Waals surface area contributed by atoms with Crippen LogP contribution in [0.1, 0.15) is 15.9 Å². The highest BCUT2D eigenvalue weighted by molar-refractivity contribution is 6.07. The molecule has 0 unspecified atom stereocenters. The van der Waals surface area contributed by atoms with Gasteiger partial charge in [-0.2, -0.15) is 5.10 Å². The van der Waals surface area contributed by atoms with Gasteiger partial charge in [0.2, 0.25) is 0 Å². The third kappa shape index (κ3) is 3.64. The van der Waals surface area contributed by atoms with Crippen LogP contribution in [0.5, 0.6) is 0 Å². The first kappa shape index (κ1) is 17.5. The summed E-state index contributed by atoms with van der Waals surface area (Å²) in [4.78, 5) is 16.5. The van der Waals surface area contributed by atoms with Gasteiger partial charge in [0.25, 0.3) is 0 Å². The average molecular weight is 369 g/mol. The maximum Gasteiger partial charge on any atom is 0.188 e. The van der Waals surface area contributed by atoms with Gasteiger partial charge in [0.1, 0.15) is 11.5 Å². The number of halogens is 1. The van der Waals surface area contributed by atoms with Crippen LogP contribution in [0.4, 0.5) is 4.39 Å². The molecule has 0 spiro atoms. The van der Waals surface area contributed by atoms with Crippen molar-refractivity contribution in [3.05, 3.63) is 108 Å². The number of carbonyl (C=O) groups excluding carboxylic acids is 1. The van der Waals surface area contributed by atoms with Gasteiger partial charge < -0.3 is 0 Å². The number of para-hydroxylation sites is 1. The monoisotopic (exact) mass is 369 g/mol. The second-order valence-corrected chi connectivity index (χ2v) is 6.13. The van der Waals surface area contributed by atoms with Crippen LogP contribution in [-0.4, -0.2) is 20.5 Å². The highest BCUT2D eigenvalue weighted by Crippen LogP contribution is 2.24. The number of carbonyl (C=O) groups is 1. The van der Waals surface area contributed by atoms with E-state index in [1.807, 2.05) is 48.7 Å². The van der Waals surface area contributed by atoms with E-state index in [0.717, 1.165) is 16.8 Å². The summed E-state index contributed by atoms with van der Waals surface area (Å²) in [5.74, 6) is -0.938. The second-order valence-electron chi connectivity index (χ2n) is 6.13. The lowest BCUT2D eigenvalue weighted by atomic mass is 10.1. The van der Waals surface area contributed by atoms with Crippen molar-refractivity contribution in [1.82, 2.24) is 14.8 Å². The molecule has 2 aromatic carbocycles. The highest BCUT2D eigenvalue weighted by Gasteiger charge is 2.12. The topological polar surface area (TPSA) is 47.8 Å². The van der Waals surface area contributed by atoms with Crippen LogP contribution in [0.3, 0.4) is 0 Å². The van der Waals surface area contributed by atoms with Crippen LogP contribution in [0.15, 0.2) is 91.4 Å². The SMILES string of the molecule is O=C(/C=C/c1cn(-c2ccccc2)nc1-c1cccnc1)c1ccccc1F. The van der Waals surface area contributed by atoms with Gasteiger partial charge in [-0.3, -0.25) is 9.78 Å². The predicted molar refractivity (Wildman–Crippen MR) is 107 cm³/mol. The number of hydrogen-bond acceptors (Lipinski definition) is 3. The Morgan fingerprint density at radius 2 is 1.75 bits per heavy atom. The predicted octanol–water partition coefficient (Wildman–Crippen LogP) is 4.97. The Bertz CT molecular complexity index is 1130. The Labute approximate surface area is 161 Å². The Kier molecular flexibility index (Phi) is 4.89. The number of pyridine rings is 1. The van der Waals surface area contributed by atoms with Crippen molar-refractivity contribution in [2.45, 2.75) is 0 Å². The number of benzene rings is 2. The van der Waals surface area contributed by atoms with Gasteiger partial charge in [-0.05, 0) is 48.6 Å². The van der Waals surface area contributed by atoms with Gasteiger partial charge in [-0.1, -0.05) is 30.3 Å². The number of nitrogens with zero attached hydrogens (tertiary/aromatic N) is 3. The molecule has 0 saturated carbocycles. The number of aromatic nitrogens is 3. The molecule has 0 aliphatic carbocycles. The fraction of sp³-hybridized carbons (Fsp3) is 0. The van der Waals surface area contributed by atoms with E-state index in [0.29, 0.717) is 5.69 Å². The van der Waals surface area contributed by atoms with Gasteiger partial charge in [-0.15, -0.1) is 0 Å². The fourth-order valence-electron chi connectivity index (χ4n) is 2.87. The summed E-state index contributed by atoms with van der Waals surface area (Å²) in [6.45, 7) is 0. The van der Waals surface area contributed by atoms with Gasteiger partial charge in [-0.25, -0.2) is 9.07 Å². The molecule has 4 aromatic rings. The molecule has 2 aromatic heterocycles. The van der Waals surface area contributed by atoms with Gasteiger partial charge in [0, 0.05) is 29.7 Å². The lowest BCUT2D eigenvalue weighted by Gasteiger charge is -2.00. The zero-order chi connectivity index (χ0) is 19.3. The zero-order valence-corrected chi connectivity index (χ0v) is 14.9. The lowest BCUT2D eigenvalue weighted by Crippen LogP contribution is -1.97. The number of allylic oxidation sites excluding steroid dienone is 1. The third-order valence-electron chi connectivity index (χ3n) is 4.25. The minimum Gasteiger partial charge on any atom is -0.289 e. The minimum absolute atomic E-state index is 0.0390. The standard InChI is InChI=1S/C23H16FN3O/c24-21-11-5-4-10-20(21)22(28)13-12-18-16-27(19-8-2-1-3-9-19)26-23(18)17-7-6-14-25-15-17/h1-16H/b13-12+. The summed E-state index contributed by atoms with van der Waals surface area (Å²) < 4.78 is 15.6. The molecule has 136 valence electrons. The molecule has 0 radical (unpaired) electrons. The van der Waals surface area contributed by atoms with Crippen LogP contribution < -0.4 is 0 Å². The Balaban J connectivity index is 1.74. The molecule has 0 fully saturated rings. The van der Waals surface area contributed by atoms with Crippen molar-refractivity contribution in [2.75, 3.05) is 0 Å². The van der Waals surface area contributed by atoms with Crippen molar-refractivity contribution in [3.63, 3.8) is 0 Å². The van der Waals surface area contributed by atoms with E-state index in [9.17, 15) is 9.18 Å². The van der Waals surface area contributed by atoms with Crippen molar-refractivity contribution in [3.8, 4) is 16.9 Å². The van der Waals surface area contributed by atoms with Gasteiger partial charge in [0.15, 0.2) is 5.78 Å². The first-order valence-electron chi connectivity index (χ1n) is 8.75. The van der Waals surface area contributed by atoms with E-state index in [-0.39, 0.29) is 5.56 Å². The molecule has 0 saturated heterocycles. The molecule has 4 nitrogen and oxygen atoms in total. The largest absolute Gasteiger partial charge is 0.289 e. The van der Waals surface area contributed by atoms with Crippen LogP contribution in [0.25, 0.3) is 23.0 Å². The van der Waals surface area contributed by atoms with Crippen molar-refractivity contribution >= 4 is 11.9 Å². The highest BCUT2D eigenvalue weighted by atomic mass is 19.1. The summed E-state index contributed by atoms with van der Waals surface area (Å²) >= 11 is 0. The molecular formula is C23H16FN3O. The summed E-state index contributed by atoms with van der Waals surface area (Å²) in [6.07, 6.45) is 8.26. The van der Waals surface area contributed by atoms with E-state index >= 15 is 0 Å². The van der Waals surface area contributed by atoms with E-state index < -0.39 is 11.6 Å². The molecule has 0 aliphatic heterocycles. The van der Waals surface area contributed by atoms with Gasteiger partial charge >= 0.3 is 0 Å². The number of rotatable bonds is 5. The van der Waals surface area contributed by atoms with E-state index in [1.165, 1.54) is 18.2 Å². The third-order valence-corrected chi connectivity index (χ3v) is 4.25. The Morgan fingerprint density at radius 3 is 2.50 bits per heavy atom. The lowest BCUT2D eigenvalue weighted by molar-refractivity contribution is 0.104. The summed E-state index contributed by atoms with van der Waals surface area (Å²) in [5, 5.41) is 4.66. The van der Waals surface area contributed by atoms with E-state index in [4.69, 9.17) is 0 Å². The first-order chi connectivity index (χ1) is 13.7. The molecule has 0 aliphatic rings. The van der Waals surface area contributed by atoms with Crippen LogP contribution >= 0.6 is 0 Å². The normalized spacial score (nSPS) is 11.0. The van der Waals surface area contributed by atoms with Crippen LogP contribution in [0, 0.1) is 5.82 Å². The molecule has 5 heteroatoms. The molecule has 0 amide bonds. The fourth-order valence-corrected chi connectivity index (χ4v) is 2.87. The zero-order valence-electron chi connectivity index (χ0n) is 14.9. The minimum atomic E-state index is -0.537. The molecule has 0 atom stereocenters. The van der Waals surface area contributed by atoms with Crippen LogP contribution in [-0.2, 0) is 0 Å². The van der Waals surface area contributed by atoms with E-state index in [2.05, 4.69) is 10.1 Å². The summed E-state index contributed by atoms with van der Waals surface area (Å²) in [7, 11) is 0. The van der Waals surface area contributed by atoms with Crippen LogP contribution in [0.2, 0.25) is 0 Å². The van der Waals surface area contributed by atoms with Gasteiger partial charge in [0.05, 0.1) is 11.3 Å². The molecule has 2 heterocycles. The molecular weight excluding hydrogens is 353 g/mol. The Hall–Kier alpha value is -3.86. The molecule has 0 N–H and O–H groups in total. The summed E-state index contributed by atoms with van der Waals surface area (Å²) in [6, 6.07) is 19.3. The van der Waals surface area contributed by atoms with E-state index in [1.54, 1.807) is 35.3 Å². The molecule has 0 bridgehead atoms. The van der Waals surface area contributed by atoms with Crippen molar-refractivity contribution < 1.29 is 9.18 Å². The smallest absolute Gasteiger partial charge is 0.188 e. The average Bonchev–Trinajstić information content (AvgIpc) is 3.18.